The van der Waals surface area contributed by atoms with Crippen LogP contribution in [0.5, 0.6) is 0 Å². The van der Waals surface area contributed by atoms with Crippen molar-refractivity contribution in [3.8, 4) is 5.69 Å². The molecule has 3 aromatic heterocycles. The Labute approximate surface area is 274 Å². The van der Waals surface area contributed by atoms with Crippen LogP contribution in [0.2, 0.25) is 0 Å². The summed E-state index contributed by atoms with van der Waals surface area (Å²) in [5, 5.41) is 13.7. The Morgan fingerprint density at radius 1 is 0.523 bits per heavy atom. The molecule has 238 valence electrons. The Hall–Kier alpha value is -3.68. The van der Waals surface area contributed by atoms with Gasteiger partial charge in [-0.15, -0.1) is 32.9 Å². The van der Waals surface area contributed by atoms with Crippen LogP contribution in [0.25, 0.3) is 47.9 Å². The van der Waals surface area contributed by atoms with E-state index in [0.717, 1.165) is 43.2 Å². The summed E-state index contributed by atoms with van der Waals surface area (Å²) in [5.74, 6) is 0. The van der Waals surface area contributed by atoms with Gasteiger partial charge in [-0.3, -0.25) is 0 Å². The van der Waals surface area contributed by atoms with Crippen molar-refractivity contribution in [3.05, 3.63) is 88.9 Å². The van der Waals surface area contributed by atoms with E-state index in [1.54, 1.807) is 27.5 Å². The van der Waals surface area contributed by atoms with E-state index in [9.17, 15) is 0 Å². The number of thiazole rings is 2. The van der Waals surface area contributed by atoms with Crippen LogP contribution in [0.3, 0.4) is 0 Å². The Balaban J connectivity index is 0.000000659. The quantitative estimate of drug-likeness (QED) is 0.181. The fourth-order valence-corrected chi connectivity index (χ4v) is 5.59. The van der Waals surface area contributed by atoms with Crippen LogP contribution in [0, 0.1) is 13.8 Å². The molecule has 0 fully saturated rings. The first-order chi connectivity index (χ1) is 21.1. The predicted octanol–water partition coefficient (Wildman–Crippen LogP) is 12.9. The largest absolute Gasteiger partial charge is 0.241 e. The molecule has 0 saturated carbocycles. The molecule has 4 aromatic carbocycles. The van der Waals surface area contributed by atoms with Crippen LogP contribution in [0.15, 0.2) is 78.9 Å². The smallest absolute Gasteiger partial charge is 0.121 e. The first kappa shape index (κ1) is 40.3. The van der Waals surface area contributed by atoms with E-state index in [1.165, 1.54) is 14.8 Å². The van der Waals surface area contributed by atoms with Gasteiger partial charge in [-0.25, -0.2) is 9.97 Å². The molecule has 0 aliphatic rings. The normalized spacial score (nSPS) is 9.18. The minimum Gasteiger partial charge on any atom is -0.241 e. The van der Waals surface area contributed by atoms with Gasteiger partial charge in [0.1, 0.15) is 11.0 Å². The summed E-state index contributed by atoms with van der Waals surface area (Å²) in [5.41, 5.74) is 5.04. The summed E-state index contributed by atoms with van der Waals surface area (Å²) in [6.45, 7) is 24.1. The molecule has 7 rings (SSSR count). The van der Waals surface area contributed by atoms with E-state index in [2.05, 4.69) is 50.5 Å². The molecule has 5 nitrogen and oxygen atoms in total. The van der Waals surface area contributed by atoms with Crippen molar-refractivity contribution in [3.63, 3.8) is 0 Å². The molecular weight excluding hydrogens is 579 g/mol. The second-order valence-electron chi connectivity index (χ2n) is 7.73. The average Bonchev–Trinajstić information content (AvgIpc) is 3.80. The lowest BCUT2D eigenvalue weighted by atomic mass is 10.1. The SMILES string of the molecule is C.CC.CC.CC.CC.CC.Cc1nc2cc3sc(C)nc3cc2s1.c1ccc(-n2nc3ccc4ccccc4c3n2)cc1. The molecule has 0 unspecified atom stereocenters. The summed E-state index contributed by atoms with van der Waals surface area (Å²) in [7, 11) is 0. The van der Waals surface area contributed by atoms with Gasteiger partial charge in [0.2, 0.25) is 0 Å². The van der Waals surface area contributed by atoms with Crippen molar-refractivity contribution < 1.29 is 0 Å². The number of benzene rings is 4. The number of aryl methyl sites for hydroxylation is 2. The summed E-state index contributed by atoms with van der Waals surface area (Å²) >= 11 is 3.46. The average molecular weight is 632 g/mol. The second-order valence-corrected chi connectivity index (χ2v) is 10.2. The fourth-order valence-electron chi connectivity index (χ4n) is 3.91. The minimum absolute atomic E-state index is 0. The third kappa shape index (κ3) is 10.2. The highest BCUT2D eigenvalue weighted by atomic mass is 32.1. The first-order valence-electron chi connectivity index (χ1n) is 15.6. The van der Waals surface area contributed by atoms with Crippen molar-refractivity contribution >= 4 is 64.9 Å². The van der Waals surface area contributed by atoms with Crippen LogP contribution in [-0.4, -0.2) is 25.0 Å². The van der Waals surface area contributed by atoms with Gasteiger partial charge in [-0.2, -0.15) is 4.80 Å². The summed E-state index contributed by atoms with van der Waals surface area (Å²) < 4.78 is 2.47. The van der Waals surface area contributed by atoms with Gasteiger partial charge in [0.25, 0.3) is 0 Å². The molecule has 3 heterocycles. The first-order valence-corrected chi connectivity index (χ1v) is 17.2. The van der Waals surface area contributed by atoms with Crippen LogP contribution < -0.4 is 0 Å². The highest BCUT2D eigenvalue weighted by molar-refractivity contribution is 7.20. The molecule has 7 aromatic rings. The number of nitrogens with zero attached hydrogens (tertiary/aromatic N) is 5. The number of rotatable bonds is 1. The maximum absolute atomic E-state index is 4.62. The lowest BCUT2D eigenvalue weighted by Crippen LogP contribution is -1.97. The van der Waals surface area contributed by atoms with Crippen LogP contribution in [-0.2, 0) is 0 Å². The number of hydrogen-bond acceptors (Lipinski definition) is 6. The Morgan fingerprint density at radius 2 is 1.00 bits per heavy atom. The zero-order valence-corrected chi connectivity index (χ0v) is 29.7. The molecule has 0 aliphatic carbocycles. The lowest BCUT2D eigenvalue weighted by molar-refractivity contribution is 0.766. The molecule has 0 saturated heterocycles. The zero-order chi connectivity index (χ0) is 32.4. The Kier molecular flexibility index (Phi) is 20.1. The van der Waals surface area contributed by atoms with Crippen LogP contribution in [0.1, 0.15) is 86.7 Å². The van der Waals surface area contributed by atoms with Crippen molar-refractivity contribution in [2.75, 3.05) is 0 Å². The summed E-state index contributed by atoms with van der Waals surface area (Å²) in [6.07, 6.45) is 0. The molecular formula is C37H53N5S2. The van der Waals surface area contributed by atoms with Gasteiger partial charge in [-0.1, -0.05) is 125 Å². The highest BCUT2D eigenvalue weighted by Gasteiger charge is 2.08. The molecule has 0 spiro atoms. The summed E-state index contributed by atoms with van der Waals surface area (Å²) in [4.78, 5) is 10.6. The third-order valence-electron chi connectivity index (χ3n) is 5.38. The topological polar surface area (TPSA) is 56.5 Å². The van der Waals surface area contributed by atoms with Gasteiger partial charge in [-0.05, 0) is 49.6 Å². The van der Waals surface area contributed by atoms with Crippen molar-refractivity contribution in [2.24, 2.45) is 0 Å². The lowest BCUT2D eigenvalue weighted by Gasteiger charge is -1.96. The van der Waals surface area contributed by atoms with Gasteiger partial charge < -0.3 is 0 Å². The molecule has 0 bridgehead atoms. The molecule has 0 aliphatic heterocycles. The van der Waals surface area contributed by atoms with Crippen molar-refractivity contribution in [2.45, 2.75) is 90.5 Å². The molecule has 0 amide bonds. The van der Waals surface area contributed by atoms with E-state index >= 15 is 0 Å². The van der Waals surface area contributed by atoms with E-state index in [1.807, 2.05) is 132 Å². The monoisotopic (exact) mass is 631 g/mol. The van der Waals surface area contributed by atoms with Crippen LogP contribution in [0.4, 0.5) is 0 Å². The maximum atomic E-state index is 4.62. The standard InChI is InChI=1S/C16H11N3.C10H8N2S2.5C2H6.CH4/c1-2-7-13(8-3-1)19-17-15-11-10-12-6-4-5-9-14(12)16(15)18-19;1-5-11-7-3-10-8(4-9(7)13-5)12-6(2)14-10;5*1-2;/h1-11H;3-4H,1-2H3;5*1-2H3;1H4. The number of aromatic nitrogens is 5. The second kappa shape index (κ2) is 21.9. The van der Waals surface area contributed by atoms with Gasteiger partial charge in [0.05, 0.1) is 36.1 Å². The van der Waals surface area contributed by atoms with Crippen LogP contribution >= 0.6 is 22.7 Å². The third-order valence-corrected chi connectivity index (χ3v) is 7.24. The highest BCUT2D eigenvalue weighted by Crippen LogP contribution is 2.29. The summed E-state index contributed by atoms with van der Waals surface area (Å²) in [6, 6.07) is 26.6. The molecule has 0 atom stereocenters. The van der Waals surface area contributed by atoms with E-state index in [4.69, 9.17) is 0 Å². The minimum atomic E-state index is 0. The number of para-hydroxylation sites is 1. The molecule has 7 heteroatoms. The van der Waals surface area contributed by atoms with E-state index in [-0.39, 0.29) is 7.43 Å². The molecule has 0 radical (unpaired) electrons. The maximum Gasteiger partial charge on any atom is 0.121 e. The molecule has 0 N–H and O–H groups in total. The van der Waals surface area contributed by atoms with E-state index < -0.39 is 0 Å². The molecule has 44 heavy (non-hydrogen) atoms. The van der Waals surface area contributed by atoms with E-state index in [0.29, 0.717) is 0 Å². The fraction of sp³-hybridized carbons (Fsp3) is 0.351. The number of fused-ring (bicyclic) bond motifs is 5. The zero-order valence-electron chi connectivity index (χ0n) is 28.1. The van der Waals surface area contributed by atoms with Gasteiger partial charge >= 0.3 is 0 Å². The Bertz CT molecular complexity index is 1650. The van der Waals surface area contributed by atoms with Crippen molar-refractivity contribution in [1.29, 1.82) is 0 Å². The Morgan fingerprint density at radius 3 is 1.52 bits per heavy atom. The van der Waals surface area contributed by atoms with Gasteiger partial charge in [0.15, 0.2) is 0 Å². The number of hydrogen-bond donors (Lipinski definition) is 0. The van der Waals surface area contributed by atoms with Gasteiger partial charge in [0, 0.05) is 5.39 Å². The predicted molar refractivity (Wildman–Crippen MR) is 202 cm³/mol. The van der Waals surface area contributed by atoms with Crippen molar-refractivity contribution in [1.82, 2.24) is 25.0 Å².